The third-order valence-electron chi connectivity index (χ3n) is 3.12. The fourth-order valence-corrected chi connectivity index (χ4v) is 5.59. The second kappa shape index (κ2) is 6.20. The molecule has 0 aromatic carbocycles. The van der Waals surface area contributed by atoms with Crippen LogP contribution in [0.1, 0.15) is 20.8 Å². The van der Waals surface area contributed by atoms with Crippen molar-refractivity contribution in [3.05, 3.63) is 34.6 Å². The Hall–Kier alpha value is -0.700. The molecule has 0 saturated carbocycles. The minimum Gasteiger partial charge on any atom is -0.336 e. The molecule has 0 fully saturated rings. The Morgan fingerprint density at radius 3 is 2.67 bits per heavy atom. The van der Waals surface area contributed by atoms with Crippen LogP contribution < -0.4 is 4.72 Å². The molecule has 1 unspecified atom stereocenters. The predicted octanol–water partition coefficient (Wildman–Crippen LogP) is 3.10. The van der Waals surface area contributed by atoms with E-state index in [9.17, 15) is 8.42 Å². The molecule has 2 heterocycles. The first-order valence-electron chi connectivity index (χ1n) is 6.41. The van der Waals surface area contributed by atoms with Crippen LogP contribution in [0.5, 0.6) is 0 Å². The molecule has 0 aliphatic carbocycles. The number of rotatable bonds is 5. The van der Waals surface area contributed by atoms with Gasteiger partial charge in [-0.05, 0) is 32.8 Å². The molecule has 2 aromatic rings. The summed E-state index contributed by atoms with van der Waals surface area (Å²) in [5, 5.41) is 1.75. The maximum absolute atomic E-state index is 12.5. The number of aromatic nitrogens is 2. The Balaban J connectivity index is 2.25. The molecule has 116 valence electrons. The van der Waals surface area contributed by atoms with Crippen LogP contribution in [0.3, 0.4) is 0 Å². The molecule has 8 heteroatoms. The normalized spacial score (nSPS) is 14.3. The lowest BCUT2D eigenvalue weighted by molar-refractivity contribution is 0.271. The Morgan fingerprint density at radius 1 is 1.48 bits per heavy atom. The third-order valence-corrected chi connectivity index (χ3v) is 7.27. The van der Waals surface area contributed by atoms with Crippen molar-refractivity contribution in [2.45, 2.75) is 37.6 Å². The largest absolute Gasteiger partial charge is 0.336 e. The van der Waals surface area contributed by atoms with Gasteiger partial charge >= 0.3 is 0 Å². The van der Waals surface area contributed by atoms with Crippen LogP contribution in [-0.4, -0.2) is 24.0 Å². The summed E-state index contributed by atoms with van der Waals surface area (Å²) in [5.41, 5.74) is -0.221. The maximum atomic E-state index is 12.5. The van der Waals surface area contributed by atoms with Crippen molar-refractivity contribution >= 4 is 37.3 Å². The number of sulfonamides is 1. The van der Waals surface area contributed by atoms with Gasteiger partial charge in [-0.2, -0.15) is 0 Å². The van der Waals surface area contributed by atoms with Crippen LogP contribution in [-0.2, 0) is 16.6 Å². The molecular formula is C13H18BrN3O2S2. The molecule has 2 aromatic heterocycles. The van der Waals surface area contributed by atoms with Gasteiger partial charge in [-0.25, -0.2) is 18.1 Å². The van der Waals surface area contributed by atoms with Crippen molar-refractivity contribution < 1.29 is 8.42 Å². The van der Waals surface area contributed by atoms with Gasteiger partial charge in [0.1, 0.15) is 4.21 Å². The molecule has 0 aliphatic heterocycles. The van der Waals surface area contributed by atoms with Crippen molar-refractivity contribution in [2.75, 3.05) is 0 Å². The van der Waals surface area contributed by atoms with E-state index in [0.29, 0.717) is 15.2 Å². The number of hydrogen-bond donors (Lipinski definition) is 1. The minimum absolute atomic E-state index is 0.221. The van der Waals surface area contributed by atoms with Crippen LogP contribution in [0.25, 0.3) is 0 Å². The van der Waals surface area contributed by atoms with E-state index in [1.54, 1.807) is 24.0 Å². The molecule has 21 heavy (non-hydrogen) atoms. The first-order chi connectivity index (χ1) is 9.70. The van der Waals surface area contributed by atoms with Crippen LogP contribution in [0.2, 0.25) is 0 Å². The van der Waals surface area contributed by atoms with E-state index in [0.717, 1.165) is 0 Å². The highest BCUT2D eigenvalue weighted by atomic mass is 79.9. The molecule has 0 bridgehead atoms. The molecular weight excluding hydrogens is 374 g/mol. The van der Waals surface area contributed by atoms with E-state index in [1.807, 2.05) is 31.5 Å². The van der Waals surface area contributed by atoms with Crippen LogP contribution >= 0.6 is 27.3 Å². The zero-order chi connectivity index (χ0) is 15.7. The average molecular weight is 392 g/mol. The lowest BCUT2D eigenvalue weighted by Crippen LogP contribution is -2.46. The van der Waals surface area contributed by atoms with Gasteiger partial charge < -0.3 is 4.57 Å². The summed E-state index contributed by atoms with van der Waals surface area (Å²) in [6, 6.07) is 1.49. The number of nitrogens with one attached hydrogen (secondary N) is 1. The SMILES string of the molecule is CC(C)(C)C(Cn1ccnc1)NS(=O)(=O)c1sccc1Br. The first kappa shape index (κ1) is 16.7. The smallest absolute Gasteiger partial charge is 0.251 e. The van der Waals surface area contributed by atoms with E-state index in [-0.39, 0.29) is 11.5 Å². The molecule has 0 saturated heterocycles. The van der Waals surface area contributed by atoms with Crippen LogP contribution in [0, 0.1) is 5.41 Å². The topological polar surface area (TPSA) is 64.0 Å². The second-order valence-electron chi connectivity index (χ2n) is 5.86. The van der Waals surface area contributed by atoms with Crippen molar-refractivity contribution in [1.29, 1.82) is 0 Å². The standard InChI is InChI=1S/C13H18BrN3O2S2/c1-13(2,3)11(8-17-6-5-15-9-17)16-21(18,19)12-10(14)4-7-20-12/h4-7,9,11,16H,8H2,1-3H3. The fraction of sp³-hybridized carbons (Fsp3) is 0.462. The highest BCUT2D eigenvalue weighted by Crippen LogP contribution is 2.29. The van der Waals surface area contributed by atoms with E-state index >= 15 is 0 Å². The predicted molar refractivity (Wildman–Crippen MR) is 87.8 cm³/mol. The van der Waals surface area contributed by atoms with E-state index in [2.05, 4.69) is 25.6 Å². The zero-order valence-electron chi connectivity index (χ0n) is 12.1. The Kier molecular flexibility index (Phi) is 4.92. The molecule has 1 N–H and O–H groups in total. The first-order valence-corrected chi connectivity index (χ1v) is 9.57. The van der Waals surface area contributed by atoms with E-state index < -0.39 is 10.0 Å². The Bertz CT molecular complexity index is 687. The molecule has 1 atom stereocenters. The molecule has 0 amide bonds. The Morgan fingerprint density at radius 2 is 2.19 bits per heavy atom. The maximum Gasteiger partial charge on any atom is 0.251 e. The molecule has 0 spiro atoms. The number of hydrogen-bond acceptors (Lipinski definition) is 4. The third kappa shape index (κ3) is 4.15. The lowest BCUT2D eigenvalue weighted by atomic mass is 9.87. The van der Waals surface area contributed by atoms with Gasteiger partial charge in [-0.3, -0.25) is 0 Å². The summed E-state index contributed by atoms with van der Waals surface area (Å²) in [6.45, 7) is 6.58. The highest BCUT2D eigenvalue weighted by Gasteiger charge is 2.31. The number of thiophene rings is 1. The molecule has 0 aliphatic rings. The highest BCUT2D eigenvalue weighted by molar-refractivity contribution is 9.10. The van der Waals surface area contributed by atoms with Gasteiger partial charge in [0.25, 0.3) is 10.0 Å². The van der Waals surface area contributed by atoms with Gasteiger partial charge in [-0.1, -0.05) is 20.8 Å². The summed E-state index contributed by atoms with van der Waals surface area (Å²) in [5.74, 6) is 0. The fourth-order valence-electron chi connectivity index (χ4n) is 1.81. The summed E-state index contributed by atoms with van der Waals surface area (Å²) < 4.78 is 30.7. The summed E-state index contributed by atoms with van der Waals surface area (Å²) >= 11 is 4.48. The minimum atomic E-state index is -3.55. The van der Waals surface area contributed by atoms with Crippen molar-refractivity contribution in [3.63, 3.8) is 0 Å². The molecule has 2 rings (SSSR count). The summed E-state index contributed by atoms with van der Waals surface area (Å²) in [4.78, 5) is 4.00. The van der Waals surface area contributed by atoms with Crippen molar-refractivity contribution in [1.82, 2.24) is 14.3 Å². The van der Waals surface area contributed by atoms with E-state index in [1.165, 1.54) is 11.3 Å². The van der Waals surface area contributed by atoms with Gasteiger partial charge in [0, 0.05) is 29.5 Å². The van der Waals surface area contributed by atoms with Gasteiger partial charge in [0.05, 0.1) is 6.33 Å². The average Bonchev–Trinajstić information content (AvgIpc) is 2.98. The van der Waals surface area contributed by atoms with Crippen molar-refractivity contribution in [3.8, 4) is 0 Å². The zero-order valence-corrected chi connectivity index (χ0v) is 15.3. The van der Waals surface area contributed by atoms with Gasteiger partial charge in [0.2, 0.25) is 0 Å². The summed E-state index contributed by atoms with van der Waals surface area (Å²) in [6.07, 6.45) is 5.20. The van der Waals surface area contributed by atoms with Crippen LogP contribution in [0.4, 0.5) is 0 Å². The molecule has 0 radical (unpaired) electrons. The molecule has 5 nitrogen and oxygen atoms in total. The second-order valence-corrected chi connectivity index (χ2v) is 9.54. The summed E-state index contributed by atoms with van der Waals surface area (Å²) in [7, 11) is -3.55. The Labute approximate surface area is 137 Å². The number of nitrogens with zero attached hydrogens (tertiary/aromatic N) is 2. The van der Waals surface area contributed by atoms with Crippen molar-refractivity contribution in [2.24, 2.45) is 5.41 Å². The van der Waals surface area contributed by atoms with E-state index in [4.69, 9.17) is 0 Å². The van der Waals surface area contributed by atoms with Gasteiger partial charge in [-0.15, -0.1) is 11.3 Å². The quantitative estimate of drug-likeness (QED) is 0.851. The lowest BCUT2D eigenvalue weighted by Gasteiger charge is -2.31. The number of halogens is 1. The van der Waals surface area contributed by atoms with Gasteiger partial charge in [0.15, 0.2) is 0 Å². The monoisotopic (exact) mass is 391 g/mol. The van der Waals surface area contributed by atoms with Crippen LogP contribution in [0.15, 0.2) is 38.8 Å². The number of imidazole rings is 1.